The van der Waals surface area contributed by atoms with Crippen molar-refractivity contribution < 1.29 is 0 Å². The quantitative estimate of drug-likeness (QED) is 0.746. The van der Waals surface area contributed by atoms with E-state index in [1.807, 2.05) is 59.7 Å². The molecule has 1 nitrogen and oxygen atoms in total. The summed E-state index contributed by atoms with van der Waals surface area (Å²) in [6.45, 7) is 16.3. The summed E-state index contributed by atoms with van der Waals surface area (Å²) in [5, 5.41) is 0. The summed E-state index contributed by atoms with van der Waals surface area (Å²) in [5.74, 6) is 0. The molecule has 1 heteroatoms. The van der Waals surface area contributed by atoms with E-state index < -0.39 is 0 Å². The summed E-state index contributed by atoms with van der Waals surface area (Å²) in [7, 11) is 0. The van der Waals surface area contributed by atoms with Crippen LogP contribution in [0.2, 0.25) is 0 Å². The van der Waals surface area contributed by atoms with E-state index >= 15 is 0 Å². The minimum atomic E-state index is -0.0959. The van der Waals surface area contributed by atoms with Gasteiger partial charge in [0.05, 0.1) is 0 Å². The second-order valence-corrected chi connectivity index (χ2v) is 4.36. The van der Waals surface area contributed by atoms with Crippen molar-refractivity contribution in [3.8, 4) is 0 Å². The molecule has 0 aliphatic heterocycles. The molecule has 0 spiro atoms. The predicted molar refractivity (Wildman–Crippen MR) is 87.1 cm³/mol. The van der Waals surface area contributed by atoms with Crippen LogP contribution in [0.25, 0.3) is 0 Å². The number of nitrogens with two attached hydrogens (primary N) is 1. The Morgan fingerprint density at radius 2 is 1.22 bits per heavy atom. The lowest BCUT2D eigenvalue weighted by atomic mass is 9.96. The van der Waals surface area contributed by atoms with E-state index in [-0.39, 0.29) is 5.54 Å². The molecule has 0 fully saturated rings. The smallest absolute Gasteiger partial charge is 0.0138 e. The minimum absolute atomic E-state index is 0.0959. The van der Waals surface area contributed by atoms with E-state index in [9.17, 15) is 0 Å². The molecule has 0 amide bonds. The Balaban J connectivity index is -0.000000274. The van der Waals surface area contributed by atoms with Crippen LogP contribution in [-0.4, -0.2) is 5.54 Å². The molecule has 2 N–H and O–H groups in total. The van der Waals surface area contributed by atoms with Crippen LogP contribution in [0.15, 0.2) is 30.3 Å². The minimum Gasteiger partial charge on any atom is -0.325 e. The van der Waals surface area contributed by atoms with Gasteiger partial charge in [0, 0.05) is 5.54 Å². The molecule has 1 aromatic rings. The first-order valence-electron chi connectivity index (χ1n) is 7.32. The standard InChI is InChI=1S/C10H15N.C3H8.2C2H6/c1-10(2,11)8-9-6-4-3-5-7-9;1-3-2;2*1-2/h3-7H,8,11H2,1-2H3;3H2,1-2H3;2*1-2H3. The van der Waals surface area contributed by atoms with Crippen LogP contribution in [0.4, 0.5) is 0 Å². The van der Waals surface area contributed by atoms with Gasteiger partial charge in [-0.15, -0.1) is 0 Å². The van der Waals surface area contributed by atoms with Gasteiger partial charge in [0.1, 0.15) is 0 Å². The Morgan fingerprint density at radius 3 is 1.50 bits per heavy atom. The fourth-order valence-corrected chi connectivity index (χ4v) is 1.12. The zero-order chi connectivity index (χ0) is 15.0. The van der Waals surface area contributed by atoms with Gasteiger partial charge in [-0.2, -0.15) is 0 Å². The van der Waals surface area contributed by atoms with Crippen LogP contribution in [0.3, 0.4) is 0 Å². The van der Waals surface area contributed by atoms with Crippen molar-refractivity contribution in [2.45, 2.75) is 73.8 Å². The summed E-state index contributed by atoms with van der Waals surface area (Å²) in [6, 6.07) is 10.3. The van der Waals surface area contributed by atoms with Crippen LogP contribution in [0.1, 0.15) is 67.4 Å². The summed E-state index contributed by atoms with van der Waals surface area (Å²) >= 11 is 0. The summed E-state index contributed by atoms with van der Waals surface area (Å²) in [5.41, 5.74) is 7.08. The van der Waals surface area contributed by atoms with E-state index in [0.29, 0.717) is 0 Å². The van der Waals surface area contributed by atoms with Crippen LogP contribution < -0.4 is 5.73 Å². The molecule has 0 aliphatic rings. The van der Waals surface area contributed by atoms with Gasteiger partial charge in [-0.1, -0.05) is 78.3 Å². The first-order chi connectivity index (χ1) is 8.49. The molecule has 0 atom stereocenters. The highest BCUT2D eigenvalue weighted by Gasteiger charge is 2.10. The maximum absolute atomic E-state index is 5.87. The van der Waals surface area contributed by atoms with Crippen molar-refractivity contribution in [3.05, 3.63) is 35.9 Å². The van der Waals surface area contributed by atoms with E-state index in [1.54, 1.807) is 0 Å². The van der Waals surface area contributed by atoms with Gasteiger partial charge >= 0.3 is 0 Å². The number of hydrogen-bond acceptors (Lipinski definition) is 1. The summed E-state index contributed by atoms with van der Waals surface area (Å²) in [6.07, 6.45) is 2.19. The average Bonchev–Trinajstić information content (AvgIpc) is 2.34. The third-order valence-electron chi connectivity index (χ3n) is 1.50. The Morgan fingerprint density at radius 1 is 0.889 bits per heavy atom. The molecular formula is C17H35N. The first kappa shape index (κ1) is 22.4. The monoisotopic (exact) mass is 253 g/mol. The van der Waals surface area contributed by atoms with E-state index in [2.05, 4.69) is 26.0 Å². The molecule has 18 heavy (non-hydrogen) atoms. The Kier molecular flexibility index (Phi) is 20.1. The second-order valence-electron chi connectivity index (χ2n) is 4.36. The molecule has 0 radical (unpaired) electrons. The van der Waals surface area contributed by atoms with Crippen LogP contribution >= 0.6 is 0 Å². The Hall–Kier alpha value is -0.820. The average molecular weight is 253 g/mol. The van der Waals surface area contributed by atoms with E-state index in [0.717, 1.165) is 6.42 Å². The van der Waals surface area contributed by atoms with Crippen molar-refractivity contribution in [2.24, 2.45) is 5.73 Å². The third kappa shape index (κ3) is 20.6. The lowest BCUT2D eigenvalue weighted by Gasteiger charge is -2.17. The summed E-state index contributed by atoms with van der Waals surface area (Å²) in [4.78, 5) is 0. The van der Waals surface area contributed by atoms with Crippen molar-refractivity contribution in [2.75, 3.05) is 0 Å². The maximum atomic E-state index is 5.87. The zero-order valence-electron chi connectivity index (χ0n) is 13.9. The van der Waals surface area contributed by atoms with E-state index in [1.165, 1.54) is 12.0 Å². The maximum Gasteiger partial charge on any atom is 0.0138 e. The van der Waals surface area contributed by atoms with Gasteiger partial charge in [-0.3, -0.25) is 0 Å². The largest absolute Gasteiger partial charge is 0.325 e. The predicted octanol–water partition coefficient (Wildman–Crippen LogP) is 5.44. The number of hydrogen-bond donors (Lipinski definition) is 1. The molecule has 1 rings (SSSR count). The van der Waals surface area contributed by atoms with Crippen LogP contribution in [0, 0.1) is 0 Å². The topological polar surface area (TPSA) is 26.0 Å². The Bertz CT molecular complexity index is 221. The molecule has 0 aliphatic carbocycles. The first-order valence-corrected chi connectivity index (χ1v) is 7.32. The molecule has 1 aromatic carbocycles. The van der Waals surface area contributed by atoms with Crippen molar-refractivity contribution in [3.63, 3.8) is 0 Å². The molecule has 108 valence electrons. The highest BCUT2D eigenvalue weighted by Crippen LogP contribution is 2.08. The molecule has 0 saturated heterocycles. The van der Waals surface area contributed by atoms with Gasteiger partial charge in [0.15, 0.2) is 0 Å². The lowest BCUT2D eigenvalue weighted by Crippen LogP contribution is -2.34. The third-order valence-corrected chi connectivity index (χ3v) is 1.50. The molecule has 0 aromatic heterocycles. The highest BCUT2D eigenvalue weighted by molar-refractivity contribution is 5.16. The SMILES string of the molecule is CC.CC.CC(C)(N)Cc1ccccc1.CCC. The van der Waals surface area contributed by atoms with Crippen LogP contribution in [0.5, 0.6) is 0 Å². The molecule has 0 unspecified atom stereocenters. The van der Waals surface area contributed by atoms with Crippen molar-refractivity contribution in [1.82, 2.24) is 0 Å². The van der Waals surface area contributed by atoms with Crippen LogP contribution in [-0.2, 0) is 6.42 Å². The lowest BCUT2D eigenvalue weighted by molar-refractivity contribution is 0.517. The van der Waals surface area contributed by atoms with Crippen molar-refractivity contribution in [1.29, 1.82) is 0 Å². The number of rotatable bonds is 2. The van der Waals surface area contributed by atoms with Gasteiger partial charge in [0.2, 0.25) is 0 Å². The molecule has 0 bridgehead atoms. The fraction of sp³-hybridized carbons (Fsp3) is 0.647. The molecular weight excluding hydrogens is 218 g/mol. The van der Waals surface area contributed by atoms with Gasteiger partial charge < -0.3 is 5.73 Å². The normalized spacial score (nSPS) is 8.72. The molecule has 0 saturated carbocycles. The summed E-state index contributed by atoms with van der Waals surface area (Å²) < 4.78 is 0. The fourth-order valence-electron chi connectivity index (χ4n) is 1.12. The highest BCUT2D eigenvalue weighted by atomic mass is 14.7. The Labute approximate surface area is 116 Å². The molecule has 0 heterocycles. The second kappa shape index (κ2) is 16.2. The van der Waals surface area contributed by atoms with Gasteiger partial charge in [0.25, 0.3) is 0 Å². The van der Waals surface area contributed by atoms with Crippen molar-refractivity contribution >= 4 is 0 Å². The van der Waals surface area contributed by atoms with Gasteiger partial charge in [-0.25, -0.2) is 0 Å². The van der Waals surface area contributed by atoms with Gasteiger partial charge in [-0.05, 0) is 25.8 Å². The van der Waals surface area contributed by atoms with E-state index in [4.69, 9.17) is 5.73 Å². The zero-order valence-corrected chi connectivity index (χ0v) is 13.9. The number of benzene rings is 1.